The molecular formula is C10H9N2. The molecule has 0 aliphatic carbocycles. The van der Waals surface area contributed by atoms with Gasteiger partial charge in [0.15, 0.2) is 0 Å². The van der Waals surface area contributed by atoms with Crippen LogP contribution in [0.25, 0.3) is 5.69 Å². The van der Waals surface area contributed by atoms with Gasteiger partial charge < -0.3 is 4.57 Å². The molecule has 1 radical (unpaired) electrons. The second-order valence-corrected chi connectivity index (χ2v) is 2.61. The molecule has 0 unspecified atom stereocenters. The third-order valence-electron chi connectivity index (χ3n) is 1.79. The van der Waals surface area contributed by atoms with Crippen molar-refractivity contribution >= 4 is 0 Å². The van der Waals surface area contributed by atoms with Crippen molar-refractivity contribution in [2.24, 2.45) is 0 Å². The smallest absolute Gasteiger partial charge is 0.110 e. The van der Waals surface area contributed by atoms with E-state index in [1.165, 1.54) is 0 Å². The Labute approximate surface area is 71.5 Å². The Bertz CT molecular complexity index is 362. The van der Waals surface area contributed by atoms with Crippen molar-refractivity contribution in [1.82, 2.24) is 9.55 Å². The van der Waals surface area contributed by atoms with Crippen molar-refractivity contribution in [3.05, 3.63) is 48.5 Å². The topological polar surface area (TPSA) is 17.8 Å². The van der Waals surface area contributed by atoms with Gasteiger partial charge in [-0.3, -0.25) is 0 Å². The van der Waals surface area contributed by atoms with Gasteiger partial charge in [0, 0.05) is 18.1 Å². The van der Waals surface area contributed by atoms with Gasteiger partial charge in [0.25, 0.3) is 0 Å². The Morgan fingerprint density at radius 1 is 1.50 bits per heavy atom. The van der Waals surface area contributed by atoms with E-state index in [2.05, 4.69) is 11.1 Å². The fourth-order valence-electron chi connectivity index (χ4n) is 1.18. The zero-order chi connectivity index (χ0) is 8.39. The van der Waals surface area contributed by atoms with E-state index < -0.39 is 0 Å². The average Bonchev–Trinajstić information content (AvgIpc) is 2.53. The molecule has 2 aromatic rings. The maximum atomic E-state index is 4.14. The normalized spacial score (nSPS) is 10.1. The fraction of sp³-hybridized carbons (Fsp3) is 0.100. The van der Waals surface area contributed by atoms with Crippen molar-refractivity contribution in [3.63, 3.8) is 0 Å². The lowest BCUT2D eigenvalue weighted by Crippen LogP contribution is -1.94. The van der Waals surface area contributed by atoms with Crippen molar-refractivity contribution in [1.29, 1.82) is 0 Å². The van der Waals surface area contributed by atoms with E-state index >= 15 is 0 Å². The average molecular weight is 157 g/mol. The third kappa shape index (κ3) is 1.11. The largest absolute Gasteiger partial charge is 0.304 e. The van der Waals surface area contributed by atoms with Crippen LogP contribution >= 0.6 is 0 Å². The fourth-order valence-corrected chi connectivity index (χ4v) is 1.18. The molecule has 0 saturated heterocycles. The minimum Gasteiger partial charge on any atom is -0.304 e. The second kappa shape index (κ2) is 2.81. The van der Waals surface area contributed by atoms with Crippen molar-refractivity contribution in [2.45, 2.75) is 6.92 Å². The van der Waals surface area contributed by atoms with Crippen LogP contribution in [0, 0.1) is 13.0 Å². The molecule has 0 fully saturated rings. The summed E-state index contributed by atoms with van der Waals surface area (Å²) in [5.41, 5.74) is 1.10. The maximum absolute atomic E-state index is 4.14. The van der Waals surface area contributed by atoms with Gasteiger partial charge in [0.05, 0.1) is 0 Å². The summed E-state index contributed by atoms with van der Waals surface area (Å²) in [7, 11) is 0. The summed E-state index contributed by atoms with van der Waals surface area (Å²) in [6.07, 6.45) is 3.74. The molecule has 0 amide bonds. The molecule has 0 saturated carbocycles. The number of imidazole rings is 1. The summed E-state index contributed by atoms with van der Waals surface area (Å²) >= 11 is 0. The maximum Gasteiger partial charge on any atom is 0.110 e. The van der Waals surface area contributed by atoms with Gasteiger partial charge in [-0.1, -0.05) is 12.1 Å². The van der Waals surface area contributed by atoms with E-state index in [4.69, 9.17) is 0 Å². The van der Waals surface area contributed by atoms with E-state index in [9.17, 15) is 0 Å². The SMILES string of the molecule is Cc1nccn1-c1c[c]ccc1. The Morgan fingerprint density at radius 2 is 2.42 bits per heavy atom. The molecule has 1 aromatic heterocycles. The van der Waals surface area contributed by atoms with Gasteiger partial charge in [-0.25, -0.2) is 4.98 Å². The number of nitrogens with zero attached hydrogens (tertiary/aromatic N) is 2. The Hall–Kier alpha value is -1.57. The Balaban J connectivity index is 2.51. The summed E-state index contributed by atoms with van der Waals surface area (Å²) in [4.78, 5) is 4.14. The molecule has 0 N–H and O–H groups in total. The monoisotopic (exact) mass is 157 g/mol. The number of aryl methyl sites for hydroxylation is 1. The van der Waals surface area contributed by atoms with Crippen molar-refractivity contribution in [2.75, 3.05) is 0 Å². The van der Waals surface area contributed by atoms with Crippen molar-refractivity contribution < 1.29 is 0 Å². The highest BCUT2D eigenvalue weighted by atomic mass is 15.1. The van der Waals surface area contributed by atoms with E-state index in [0.29, 0.717) is 0 Å². The third-order valence-corrected chi connectivity index (χ3v) is 1.79. The van der Waals surface area contributed by atoms with Crippen LogP contribution in [-0.2, 0) is 0 Å². The molecule has 2 nitrogen and oxygen atoms in total. The second-order valence-electron chi connectivity index (χ2n) is 2.61. The molecule has 0 aliphatic heterocycles. The van der Waals surface area contributed by atoms with Gasteiger partial charge in [-0.2, -0.15) is 0 Å². The zero-order valence-electron chi connectivity index (χ0n) is 6.86. The minimum absolute atomic E-state index is 0.995. The Morgan fingerprint density at radius 3 is 3.00 bits per heavy atom. The minimum atomic E-state index is 0.995. The summed E-state index contributed by atoms with van der Waals surface area (Å²) < 4.78 is 2.02. The molecule has 1 heterocycles. The standard InChI is InChI=1S/C10H9N2/c1-9-11-7-8-12(9)10-5-3-2-4-6-10/h2-3,5-8H,1H3. The molecule has 59 valence electrons. The molecule has 0 bridgehead atoms. The van der Waals surface area contributed by atoms with Gasteiger partial charge in [0.1, 0.15) is 5.82 Å². The first-order chi connectivity index (χ1) is 5.88. The summed E-state index contributed by atoms with van der Waals surface area (Å²) in [6, 6.07) is 10.9. The summed E-state index contributed by atoms with van der Waals surface area (Å²) in [5, 5.41) is 0. The van der Waals surface area contributed by atoms with Crippen LogP contribution in [0.3, 0.4) is 0 Å². The molecule has 0 aliphatic rings. The van der Waals surface area contributed by atoms with Gasteiger partial charge in [-0.15, -0.1) is 0 Å². The number of hydrogen-bond acceptors (Lipinski definition) is 1. The number of aromatic nitrogens is 2. The highest BCUT2D eigenvalue weighted by Crippen LogP contribution is 2.07. The summed E-state index contributed by atoms with van der Waals surface area (Å²) in [5.74, 6) is 0.995. The first-order valence-corrected chi connectivity index (χ1v) is 3.84. The van der Waals surface area contributed by atoms with E-state index in [-0.39, 0.29) is 0 Å². The Kier molecular flexibility index (Phi) is 1.67. The van der Waals surface area contributed by atoms with Crippen LogP contribution in [0.15, 0.2) is 36.7 Å². The lowest BCUT2D eigenvalue weighted by Gasteiger charge is -2.02. The molecule has 2 rings (SSSR count). The molecule has 2 heteroatoms. The van der Waals surface area contributed by atoms with E-state index in [0.717, 1.165) is 11.5 Å². The predicted octanol–water partition coefficient (Wildman–Crippen LogP) is 1.98. The molecular weight excluding hydrogens is 148 g/mol. The summed E-state index contributed by atoms with van der Waals surface area (Å²) in [6.45, 7) is 1.98. The van der Waals surface area contributed by atoms with Crippen LogP contribution in [0.2, 0.25) is 0 Å². The number of benzene rings is 1. The van der Waals surface area contributed by atoms with Gasteiger partial charge in [0.2, 0.25) is 0 Å². The first-order valence-electron chi connectivity index (χ1n) is 3.84. The van der Waals surface area contributed by atoms with Gasteiger partial charge in [-0.05, 0) is 25.1 Å². The predicted molar refractivity (Wildman–Crippen MR) is 47.1 cm³/mol. The van der Waals surface area contributed by atoms with Gasteiger partial charge >= 0.3 is 0 Å². The number of rotatable bonds is 1. The lowest BCUT2D eigenvalue weighted by molar-refractivity contribution is 0.974. The van der Waals surface area contributed by atoms with Crippen LogP contribution in [0.1, 0.15) is 5.82 Å². The molecule has 12 heavy (non-hydrogen) atoms. The highest BCUT2D eigenvalue weighted by Gasteiger charge is 1.97. The lowest BCUT2D eigenvalue weighted by atomic mass is 10.3. The molecule has 0 spiro atoms. The van der Waals surface area contributed by atoms with Crippen LogP contribution in [0.4, 0.5) is 0 Å². The zero-order valence-corrected chi connectivity index (χ0v) is 6.86. The quantitative estimate of drug-likeness (QED) is 0.619. The molecule has 1 aromatic carbocycles. The molecule has 0 atom stereocenters. The van der Waals surface area contributed by atoms with Crippen LogP contribution in [0.5, 0.6) is 0 Å². The van der Waals surface area contributed by atoms with Crippen LogP contribution < -0.4 is 0 Å². The van der Waals surface area contributed by atoms with E-state index in [1.54, 1.807) is 6.20 Å². The van der Waals surface area contributed by atoms with E-state index in [1.807, 2.05) is 42.0 Å². The van der Waals surface area contributed by atoms with Crippen LogP contribution in [-0.4, -0.2) is 9.55 Å². The van der Waals surface area contributed by atoms with Crippen molar-refractivity contribution in [3.8, 4) is 5.69 Å². The first kappa shape index (κ1) is 7.10. The highest BCUT2D eigenvalue weighted by molar-refractivity contribution is 5.31. The number of hydrogen-bond donors (Lipinski definition) is 0.